The number of nitrogens with one attached hydrogen (secondary N) is 3. The van der Waals surface area contributed by atoms with E-state index in [1.807, 2.05) is 37.3 Å². The number of rotatable bonds is 9. The third-order valence-electron chi connectivity index (χ3n) is 4.03. The Balaban J connectivity index is 1.69. The van der Waals surface area contributed by atoms with E-state index in [2.05, 4.69) is 16.0 Å². The summed E-state index contributed by atoms with van der Waals surface area (Å²) < 4.78 is 5.15. The van der Waals surface area contributed by atoms with Crippen LogP contribution in [0.1, 0.15) is 35.7 Å². The van der Waals surface area contributed by atoms with Crippen molar-refractivity contribution in [3.05, 3.63) is 65.7 Å². The predicted octanol–water partition coefficient (Wildman–Crippen LogP) is 2.82. The van der Waals surface area contributed by atoms with Gasteiger partial charge < -0.3 is 20.7 Å². The Morgan fingerprint density at radius 2 is 1.77 bits per heavy atom. The highest BCUT2D eigenvalue weighted by atomic mass is 32.1. The zero-order valence-corrected chi connectivity index (χ0v) is 17.6. The molecule has 0 atom stereocenters. The summed E-state index contributed by atoms with van der Waals surface area (Å²) in [6.45, 7) is 2.63. The van der Waals surface area contributed by atoms with Crippen LogP contribution < -0.4 is 16.0 Å². The van der Waals surface area contributed by atoms with E-state index in [4.69, 9.17) is 17.0 Å². The first-order valence-electron chi connectivity index (χ1n) is 9.66. The summed E-state index contributed by atoms with van der Waals surface area (Å²) in [5.74, 6) is -1.02. The van der Waals surface area contributed by atoms with Crippen molar-refractivity contribution in [2.24, 2.45) is 0 Å². The van der Waals surface area contributed by atoms with Crippen molar-refractivity contribution in [3.63, 3.8) is 0 Å². The molecule has 0 fully saturated rings. The molecular formula is C22H25N3O4S. The average Bonchev–Trinajstić information content (AvgIpc) is 2.73. The van der Waals surface area contributed by atoms with E-state index in [1.54, 1.807) is 24.3 Å². The van der Waals surface area contributed by atoms with Crippen LogP contribution >= 0.6 is 12.2 Å². The van der Waals surface area contributed by atoms with Gasteiger partial charge in [-0.3, -0.25) is 14.4 Å². The van der Waals surface area contributed by atoms with Crippen molar-refractivity contribution in [2.75, 3.05) is 18.5 Å². The van der Waals surface area contributed by atoms with Gasteiger partial charge >= 0.3 is 5.97 Å². The summed E-state index contributed by atoms with van der Waals surface area (Å²) >= 11 is 5.12. The Kier molecular flexibility index (Phi) is 9.47. The lowest BCUT2D eigenvalue weighted by molar-refractivity contribution is -0.144. The summed E-state index contributed by atoms with van der Waals surface area (Å²) in [4.78, 5) is 35.7. The minimum atomic E-state index is -0.436. The number of hydrogen-bond donors (Lipinski definition) is 3. The molecule has 2 amide bonds. The van der Waals surface area contributed by atoms with Crippen molar-refractivity contribution >= 4 is 40.8 Å². The Morgan fingerprint density at radius 3 is 2.50 bits per heavy atom. The van der Waals surface area contributed by atoms with Crippen LogP contribution in [0.15, 0.2) is 54.6 Å². The highest BCUT2D eigenvalue weighted by molar-refractivity contribution is 7.80. The van der Waals surface area contributed by atoms with Crippen molar-refractivity contribution in [1.29, 1.82) is 0 Å². The molecule has 0 radical (unpaired) electrons. The van der Waals surface area contributed by atoms with E-state index in [0.717, 1.165) is 5.56 Å². The van der Waals surface area contributed by atoms with Crippen LogP contribution in [0.5, 0.6) is 0 Å². The number of carbonyl (C=O) groups is 3. The van der Waals surface area contributed by atoms with Gasteiger partial charge in [0.15, 0.2) is 5.11 Å². The molecule has 0 aromatic heterocycles. The molecule has 3 N–H and O–H groups in total. The lowest BCUT2D eigenvalue weighted by Gasteiger charge is -2.11. The molecule has 0 spiro atoms. The van der Waals surface area contributed by atoms with E-state index in [9.17, 15) is 14.4 Å². The lowest BCUT2D eigenvalue weighted by atomic mass is 10.2. The molecule has 158 valence electrons. The third kappa shape index (κ3) is 8.40. The summed E-state index contributed by atoms with van der Waals surface area (Å²) in [6, 6.07) is 16.4. The fraction of sp³-hybridized carbons (Fsp3) is 0.273. The van der Waals surface area contributed by atoms with Crippen LogP contribution in [0.2, 0.25) is 0 Å². The Morgan fingerprint density at radius 1 is 1.00 bits per heavy atom. The smallest absolute Gasteiger partial charge is 0.306 e. The number of ether oxygens (including phenoxy) is 1. The van der Waals surface area contributed by atoms with Gasteiger partial charge in [0, 0.05) is 30.6 Å². The Hall–Kier alpha value is -3.26. The number of thiocarbonyl (C=S) groups is 1. The second kappa shape index (κ2) is 12.3. The topological polar surface area (TPSA) is 96.5 Å². The van der Waals surface area contributed by atoms with Crippen LogP contribution in [-0.2, 0) is 20.7 Å². The van der Waals surface area contributed by atoms with Crippen molar-refractivity contribution < 1.29 is 19.1 Å². The number of anilines is 1. The molecule has 2 aromatic rings. The molecule has 0 aliphatic rings. The van der Waals surface area contributed by atoms with Gasteiger partial charge in [-0.1, -0.05) is 36.4 Å². The quantitative estimate of drug-likeness (QED) is 0.421. The molecule has 8 heteroatoms. The lowest BCUT2D eigenvalue weighted by Crippen LogP contribution is -2.34. The zero-order valence-electron chi connectivity index (χ0n) is 16.8. The largest absolute Gasteiger partial charge is 0.465 e. The van der Waals surface area contributed by atoms with Gasteiger partial charge in [-0.25, -0.2) is 0 Å². The maximum Gasteiger partial charge on any atom is 0.306 e. The number of carbonyl (C=O) groups excluding carboxylic acids is 3. The normalized spacial score (nSPS) is 10.0. The van der Waals surface area contributed by atoms with Gasteiger partial charge in [0.2, 0.25) is 5.91 Å². The summed E-state index contributed by atoms with van der Waals surface area (Å²) in [5.41, 5.74) is 2.13. The number of hydrogen-bond acceptors (Lipinski definition) is 5. The van der Waals surface area contributed by atoms with Crippen LogP contribution in [-0.4, -0.2) is 36.0 Å². The maximum atomic E-state index is 12.0. The molecule has 0 heterocycles. The minimum absolute atomic E-state index is 0.0318. The molecule has 30 heavy (non-hydrogen) atoms. The van der Waals surface area contributed by atoms with Crippen LogP contribution in [0.3, 0.4) is 0 Å². The first kappa shape index (κ1) is 23.0. The van der Waals surface area contributed by atoms with Crippen LogP contribution in [0, 0.1) is 0 Å². The van der Waals surface area contributed by atoms with Gasteiger partial charge in [0.05, 0.1) is 13.0 Å². The van der Waals surface area contributed by atoms with Crippen LogP contribution in [0.4, 0.5) is 5.69 Å². The summed E-state index contributed by atoms with van der Waals surface area (Å²) in [6.07, 6.45) is 0.559. The number of benzene rings is 2. The molecule has 0 unspecified atom stereocenters. The standard InChI is InChI=1S/C22H25N3O4S/c1-2-23-21(28)17-9-6-10-18(15-17)24-22(30)25-19(26)11-12-20(27)29-14-13-16-7-4-3-5-8-16/h3-10,15H,2,11-14H2,1H3,(H,23,28)(H2,24,25,26,30). The Labute approximate surface area is 181 Å². The van der Waals surface area contributed by atoms with Crippen molar-refractivity contribution in [3.8, 4) is 0 Å². The second-order valence-corrected chi connectivity index (χ2v) is 6.81. The molecule has 2 aromatic carbocycles. The molecule has 0 saturated carbocycles. The maximum absolute atomic E-state index is 12.0. The highest BCUT2D eigenvalue weighted by Gasteiger charge is 2.11. The second-order valence-electron chi connectivity index (χ2n) is 6.40. The van der Waals surface area contributed by atoms with Crippen molar-refractivity contribution in [1.82, 2.24) is 10.6 Å². The fourth-order valence-electron chi connectivity index (χ4n) is 2.57. The van der Waals surface area contributed by atoms with Crippen molar-refractivity contribution in [2.45, 2.75) is 26.2 Å². The van der Waals surface area contributed by atoms with Gasteiger partial charge in [0.1, 0.15) is 0 Å². The zero-order chi connectivity index (χ0) is 21.8. The molecule has 0 aliphatic carbocycles. The van der Waals surface area contributed by atoms with Gasteiger partial charge in [-0.15, -0.1) is 0 Å². The minimum Gasteiger partial charge on any atom is -0.465 e. The van der Waals surface area contributed by atoms with E-state index in [1.165, 1.54) is 0 Å². The monoisotopic (exact) mass is 427 g/mol. The van der Waals surface area contributed by atoms with E-state index >= 15 is 0 Å². The van der Waals surface area contributed by atoms with E-state index in [-0.39, 0.29) is 30.5 Å². The fourth-order valence-corrected chi connectivity index (χ4v) is 2.80. The van der Waals surface area contributed by atoms with E-state index < -0.39 is 11.9 Å². The molecule has 0 bridgehead atoms. The van der Waals surface area contributed by atoms with Gasteiger partial charge in [-0.05, 0) is 42.9 Å². The number of amides is 2. The predicted molar refractivity (Wildman–Crippen MR) is 119 cm³/mol. The molecule has 0 saturated heterocycles. The van der Waals surface area contributed by atoms with Gasteiger partial charge in [-0.2, -0.15) is 0 Å². The molecular weight excluding hydrogens is 402 g/mol. The number of esters is 1. The Bertz CT molecular complexity index is 887. The van der Waals surface area contributed by atoms with Crippen LogP contribution in [0.25, 0.3) is 0 Å². The highest BCUT2D eigenvalue weighted by Crippen LogP contribution is 2.10. The van der Waals surface area contributed by atoms with E-state index in [0.29, 0.717) is 24.2 Å². The summed E-state index contributed by atoms with van der Waals surface area (Å²) in [5, 5.41) is 8.17. The molecule has 0 aliphatic heterocycles. The average molecular weight is 428 g/mol. The van der Waals surface area contributed by atoms with Gasteiger partial charge in [0.25, 0.3) is 5.91 Å². The SMILES string of the molecule is CCNC(=O)c1cccc(NC(=S)NC(=O)CCC(=O)OCCc2ccccc2)c1. The first-order chi connectivity index (χ1) is 14.5. The first-order valence-corrected chi connectivity index (χ1v) is 10.1. The summed E-state index contributed by atoms with van der Waals surface area (Å²) in [7, 11) is 0. The molecule has 2 rings (SSSR count). The molecule has 7 nitrogen and oxygen atoms in total. The third-order valence-corrected chi connectivity index (χ3v) is 4.23.